The van der Waals surface area contributed by atoms with Crippen LogP contribution in [-0.4, -0.2) is 23.9 Å². The number of carbonyl (C=O) groups excluding carboxylic acids is 3. The summed E-state index contributed by atoms with van der Waals surface area (Å²) in [4.78, 5) is 34.9. The Kier molecular flexibility index (Phi) is 5.21. The van der Waals surface area contributed by atoms with Gasteiger partial charge in [0.1, 0.15) is 11.9 Å². The van der Waals surface area contributed by atoms with Crippen molar-refractivity contribution in [3.05, 3.63) is 35.6 Å². The number of rotatable bonds is 5. The topological polar surface area (TPSA) is 87.3 Å². The molecule has 6 nitrogen and oxygen atoms in total. The number of halogens is 1. The first-order valence-corrected chi connectivity index (χ1v) is 7.80. The van der Waals surface area contributed by atoms with Crippen LogP contribution in [0.25, 0.3) is 0 Å². The lowest BCUT2D eigenvalue weighted by Gasteiger charge is -2.27. The number of hydrogen-bond acceptors (Lipinski definition) is 3. The highest BCUT2D eigenvalue weighted by Crippen LogP contribution is 2.29. The minimum atomic E-state index is -0.860. The first-order valence-electron chi connectivity index (χ1n) is 7.80. The molecule has 0 radical (unpaired) electrons. The van der Waals surface area contributed by atoms with Crippen LogP contribution in [0.15, 0.2) is 24.3 Å². The molecule has 3 N–H and O–H groups in total. The summed E-state index contributed by atoms with van der Waals surface area (Å²) < 4.78 is 13.1. The molecule has 0 aliphatic carbocycles. The summed E-state index contributed by atoms with van der Waals surface area (Å²) in [5.74, 6) is -1.20. The number of hydrogen-bond donors (Lipinski definition) is 3. The van der Waals surface area contributed by atoms with Crippen LogP contribution in [0.4, 0.5) is 9.18 Å². The van der Waals surface area contributed by atoms with Crippen LogP contribution in [0.5, 0.6) is 0 Å². The molecule has 1 saturated heterocycles. The Labute approximate surface area is 140 Å². The van der Waals surface area contributed by atoms with Crippen LogP contribution in [0.3, 0.4) is 0 Å². The third-order valence-electron chi connectivity index (χ3n) is 3.67. The Hall–Kier alpha value is -2.44. The molecule has 4 amide bonds. The van der Waals surface area contributed by atoms with Gasteiger partial charge in [-0.2, -0.15) is 0 Å². The van der Waals surface area contributed by atoms with Gasteiger partial charge < -0.3 is 10.6 Å². The normalized spacial score (nSPS) is 18.8. The summed E-state index contributed by atoms with van der Waals surface area (Å²) in [5, 5.41) is 7.36. The Morgan fingerprint density at radius 2 is 1.88 bits per heavy atom. The molecule has 0 aromatic heterocycles. The number of urea groups is 1. The Bertz CT molecular complexity index is 637. The Morgan fingerprint density at radius 3 is 2.38 bits per heavy atom. The Balaban J connectivity index is 2.07. The van der Waals surface area contributed by atoms with Crippen molar-refractivity contribution in [1.29, 1.82) is 0 Å². The monoisotopic (exact) mass is 335 g/mol. The van der Waals surface area contributed by atoms with Crippen molar-refractivity contribution in [2.75, 3.05) is 0 Å². The van der Waals surface area contributed by atoms with E-state index in [0.717, 1.165) is 5.56 Å². The van der Waals surface area contributed by atoms with E-state index in [4.69, 9.17) is 0 Å². The van der Waals surface area contributed by atoms with Crippen LogP contribution in [0.1, 0.15) is 45.2 Å². The summed E-state index contributed by atoms with van der Waals surface area (Å²) in [6, 6.07) is 4.21. The standard InChI is InChI=1S/C17H22FN3O3/c1-17(2,3)9-13(10-4-6-11(18)7-5-10)19-14(22)8-12-15(23)21-16(24)20-12/h4-7,12-13H,8-9H2,1-3H3,(H,19,22)(H2,20,21,23,24)/t12-,13-/m1/s1. The van der Waals surface area contributed by atoms with Gasteiger partial charge in [0.25, 0.3) is 5.91 Å². The van der Waals surface area contributed by atoms with E-state index in [-0.39, 0.29) is 29.6 Å². The summed E-state index contributed by atoms with van der Waals surface area (Å²) >= 11 is 0. The van der Waals surface area contributed by atoms with Crippen molar-refractivity contribution in [3.8, 4) is 0 Å². The summed E-state index contributed by atoms with van der Waals surface area (Å²) in [6.07, 6.45) is 0.507. The van der Waals surface area contributed by atoms with Gasteiger partial charge in [0.15, 0.2) is 0 Å². The maximum atomic E-state index is 13.1. The molecular weight excluding hydrogens is 313 g/mol. The number of nitrogens with one attached hydrogen (secondary N) is 3. The molecule has 130 valence electrons. The first-order chi connectivity index (χ1) is 11.1. The van der Waals surface area contributed by atoms with Crippen molar-refractivity contribution in [1.82, 2.24) is 16.0 Å². The predicted molar refractivity (Wildman–Crippen MR) is 86.4 cm³/mol. The second-order valence-electron chi connectivity index (χ2n) is 7.16. The quantitative estimate of drug-likeness (QED) is 0.720. The highest BCUT2D eigenvalue weighted by atomic mass is 19.1. The molecule has 1 aromatic rings. The molecule has 24 heavy (non-hydrogen) atoms. The number of benzene rings is 1. The van der Waals surface area contributed by atoms with Crippen LogP contribution >= 0.6 is 0 Å². The number of carbonyl (C=O) groups is 3. The second-order valence-corrected chi connectivity index (χ2v) is 7.16. The van der Waals surface area contributed by atoms with E-state index in [1.54, 1.807) is 12.1 Å². The largest absolute Gasteiger partial charge is 0.349 e. The van der Waals surface area contributed by atoms with Gasteiger partial charge >= 0.3 is 6.03 Å². The fourth-order valence-corrected chi connectivity index (χ4v) is 2.60. The highest BCUT2D eigenvalue weighted by molar-refractivity contribution is 6.05. The van der Waals surface area contributed by atoms with E-state index in [1.165, 1.54) is 12.1 Å². The van der Waals surface area contributed by atoms with Gasteiger partial charge in [0.2, 0.25) is 5.91 Å². The molecule has 0 saturated carbocycles. The molecule has 1 aliphatic rings. The third kappa shape index (κ3) is 5.04. The fourth-order valence-electron chi connectivity index (χ4n) is 2.60. The maximum absolute atomic E-state index is 13.1. The zero-order chi connectivity index (χ0) is 17.9. The summed E-state index contributed by atoms with van der Waals surface area (Å²) in [6.45, 7) is 6.13. The molecule has 7 heteroatoms. The molecule has 2 atom stereocenters. The summed E-state index contributed by atoms with van der Waals surface area (Å²) in [7, 11) is 0. The van der Waals surface area contributed by atoms with Crippen molar-refractivity contribution in [2.24, 2.45) is 5.41 Å². The molecule has 1 aromatic carbocycles. The molecule has 2 rings (SSSR count). The lowest BCUT2D eigenvalue weighted by molar-refractivity contribution is -0.127. The number of amides is 4. The summed E-state index contributed by atoms with van der Waals surface area (Å²) in [5.41, 5.74) is 0.727. The zero-order valence-corrected chi connectivity index (χ0v) is 14.0. The first kappa shape index (κ1) is 17.9. The van der Waals surface area contributed by atoms with Crippen LogP contribution < -0.4 is 16.0 Å². The lowest BCUT2D eigenvalue weighted by Crippen LogP contribution is -2.38. The third-order valence-corrected chi connectivity index (χ3v) is 3.67. The van der Waals surface area contributed by atoms with Gasteiger partial charge in [-0.3, -0.25) is 14.9 Å². The van der Waals surface area contributed by atoms with Crippen molar-refractivity contribution >= 4 is 17.8 Å². The van der Waals surface area contributed by atoms with E-state index < -0.39 is 18.0 Å². The van der Waals surface area contributed by atoms with E-state index >= 15 is 0 Å². The van der Waals surface area contributed by atoms with Crippen molar-refractivity contribution < 1.29 is 18.8 Å². The average Bonchev–Trinajstić information content (AvgIpc) is 2.75. The highest BCUT2D eigenvalue weighted by Gasteiger charge is 2.32. The van der Waals surface area contributed by atoms with Gasteiger partial charge in [0.05, 0.1) is 12.5 Å². The van der Waals surface area contributed by atoms with Gasteiger partial charge in [-0.15, -0.1) is 0 Å². The van der Waals surface area contributed by atoms with Crippen molar-refractivity contribution in [2.45, 2.75) is 45.7 Å². The fraction of sp³-hybridized carbons (Fsp3) is 0.471. The van der Waals surface area contributed by atoms with Crippen molar-refractivity contribution in [3.63, 3.8) is 0 Å². The maximum Gasteiger partial charge on any atom is 0.322 e. The Morgan fingerprint density at radius 1 is 1.25 bits per heavy atom. The van der Waals surface area contributed by atoms with E-state index in [2.05, 4.69) is 16.0 Å². The van der Waals surface area contributed by atoms with Crippen LogP contribution in [0.2, 0.25) is 0 Å². The van der Waals surface area contributed by atoms with Crippen LogP contribution in [-0.2, 0) is 9.59 Å². The minimum Gasteiger partial charge on any atom is -0.349 e. The lowest BCUT2D eigenvalue weighted by atomic mass is 9.85. The van der Waals surface area contributed by atoms with Gasteiger partial charge in [-0.05, 0) is 29.5 Å². The SMILES string of the molecule is CC(C)(C)C[C@@H](NC(=O)C[C@H]1NC(=O)NC1=O)c1ccc(F)cc1. The second kappa shape index (κ2) is 6.98. The van der Waals surface area contributed by atoms with Gasteiger partial charge in [0, 0.05) is 0 Å². The van der Waals surface area contributed by atoms with E-state index in [0.29, 0.717) is 6.42 Å². The zero-order valence-electron chi connectivity index (χ0n) is 14.0. The molecule has 1 aliphatic heterocycles. The smallest absolute Gasteiger partial charge is 0.322 e. The number of imide groups is 1. The molecule has 1 heterocycles. The van der Waals surface area contributed by atoms with Gasteiger partial charge in [-0.25, -0.2) is 9.18 Å². The average molecular weight is 335 g/mol. The molecular formula is C17H22FN3O3. The minimum absolute atomic E-state index is 0.0642. The molecule has 0 spiro atoms. The van der Waals surface area contributed by atoms with E-state index in [9.17, 15) is 18.8 Å². The molecule has 1 fully saturated rings. The van der Waals surface area contributed by atoms with Crippen LogP contribution in [0, 0.1) is 11.2 Å². The van der Waals surface area contributed by atoms with Gasteiger partial charge in [-0.1, -0.05) is 32.9 Å². The van der Waals surface area contributed by atoms with E-state index in [1.807, 2.05) is 20.8 Å². The molecule has 0 unspecified atom stereocenters. The predicted octanol–water partition coefficient (Wildman–Crippen LogP) is 2.02. The molecule has 0 bridgehead atoms.